The van der Waals surface area contributed by atoms with Crippen LogP contribution in [0.4, 0.5) is 0 Å². The van der Waals surface area contributed by atoms with Gasteiger partial charge in [-0.25, -0.2) is 0 Å². The van der Waals surface area contributed by atoms with Crippen LogP contribution in [0, 0.1) is 17.3 Å². The van der Waals surface area contributed by atoms with Gasteiger partial charge in [0.05, 0.1) is 0 Å². The second-order valence-electron chi connectivity index (χ2n) is 5.45. The average Bonchev–Trinajstić information content (AvgIpc) is 2.86. The molecule has 0 radical (unpaired) electrons. The number of hydrogen-bond donors (Lipinski definition) is 0. The van der Waals surface area contributed by atoms with Crippen molar-refractivity contribution in [3.05, 3.63) is 42.5 Å². The van der Waals surface area contributed by atoms with Crippen LogP contribution in [0.25, 0.3) is 0 Å². The maximum absolute atomic E-state index is 3.38. The Labute approximate surface area is 140 Å². The molecule has 0 heterocycles. The van der Waals surface area contributed by atoms with Gasteiger partial charge in [0.2, 0.25) is 0 Å². The Morgan fingerprint density at radius 3 is 2.42 bits per heavy atom. The summed E-state index contributed by atoms with van der Waals surface area (Å²) in [6.45, 7) is 6.51. The molecule has 0 unspecified atom stereocenters. The largest absolute Gasteiger partial charge is 0.147 e. The van der Waals surface area contributed by atoms with Gasteiger partial charge in [-0.3, -0.25) is 0 Å². The third-order valence-electron chi connectivity index (χ3n) is 2.59. The van der Waals surface area contributed by atoms with Gasteiger partial charge in [0.25, 0.3) is 0 Å². The summed E-state index contributed by atoms with van der Waals surface area (Å²) in [5, 5.41) is 0. The Morgan fingerprint density at radius 2 is 1.84 bits per heavy atom. The fourth-order valence-electron chi connectivity index (χ4n) is 1.73. The first kappa shape index (κ1) is 19.0. The molecule has 0 saturated carbocycles. The van der Waals surface area contributed by atoms with Crippen molar-refractivity contribution in [1.82, 2.24) is 0 Å². The Bertz CT molecular complexity index is 491. The predicted molar refractivity (Wildman–Crippen MR) is 84.4 cm³/mol. The molecular formula is C16H20Cl2Zr. The standard InChI is InChI=1S/C11H13.C5H5.2ClH.Zr/c1-11(2,3)9-8-10-6-4-5-7-10;1-2-4-5-3-1;;;/h4,6H,5H2,1-3H3;1-3H,4H2;2*1H;. The molecule has 0 fully saturated rings. The molecule has 2 aliphatic rings. The van der Waals surface area contributed by atoms with Crippen LogP contribution in [0.2, 0.25) is 0 Å². The zero-order chi connectivity index (χ0) is 12.3. The third kappa shape index (κ3) is 6.31. The van der Waals surface area contributed by atoms with Crippen LogP contribution in [0.1, 0.15) is 33.6 Å². The first-order chi connectivity index (χ1) is 8.04. The molecule has 0 nitrogen and oxygen atoms in total. The summed E-state index contributed by atoms with van der Waals surface area (Å²) < 4.78 is 3.34. The van der Waals surface area contributed by atoms with Gasteiger partial charge in [0, 0.05) is 0 Å². The Hall–Kier alpha value is -0.0169. The van der Waals surface area contributed by atoms with Crippen LogP contribution in [0.15, 0.2) is 42.5 Å². The molecule has 2 aliphatic carbocycles. The number of allylic oxidation sites excluding steroid dienone is 8. The molecule has 0 saturated heterocycles. The van der Waals surface area contributed by atoms with E-state index in [2.05, 4.69) is 63.0 Å². The smallest absolute Gasteiger partial charge is 0.147 e. The predicted octanol–water partition coefficient (Wildman–Crippen LogP) is 5.02. The molecule has 0 spiro atoms. The molecule has 0 aromatic heterocycles. The van der Waals surface area contributed by atoms with Crippen molar-refractivity contribution in [3.8, 4) is 11.8 Å². The zero-order valence-corrected chi connectivity index (χ0v) is 15.7. The molecule has 0 N–H and O–H groups in total. The van der Waals surface area contributed by atoms with Crippen molar-refractivity contribution in [3.63, 3.8) is 0 Å². The van der Waals surface area contributed by atoms with E-state index in [4.69, 9.17) is 0 Å². The maximum atomic E-state index is 3.38. The average molecular weight is 374 g/mol. The SMILES string of the molecule is CC(C)(C)C#CC1=[C]([Zr][C]2=CC=CC2)CC=C1.Cl.Cl. The quantitative estimate of drug-likeness (QED) is 0.596. The van der Waals surface area contributed by atoms with Crippen molar-refractivity contribution < 1.29 is 23.2 Å². The summed E-state index contributed by atoms with van der Waals surface area (Å²) >= 11 is -0.531. The van der Waals surface area contributed by atoms with Crippen molar-refractivity contribution in [2.24, 2.45) is 5.41 Å². The molecule has 3 heteroatoms. The van der Waals surface area contributed by atoms with Crippen molar-refractivity contribution in [2.45, 2.75) is 33.6 Å². The third-order valence-corrected chi connectivity index (χ3v) is 6.19. The minimum atomic E-state index is -0.531. The van der Waals surface area contributed by atoms with Gasteiger partial charge >= 0.3 is 117 Å². The van der Waals surface area contributed by atoms with E-state index in [1.165, 1.54) is 12.0 Å². The van der Waals surface area contributed by atoms with Gasteiger partial charge in [-0.15, -0.1) is 24.8 Å². The number of hydrogen-bond acceptors (Lipinski definition) is 0. The van der Waals surface area contributed by atoms with Gasteiger partial charge in [0.15, 0.2) is 0 Å². The van der Waals surface area contributed by atoms with Gasteiger partial charge in [0.1, 0.15) is 0 Å². The molecule has 0 bridgehead atoms. The summed E-state index contributed by atoms with van der Waals surface area (Å²) in [4.78, 5) is 0. The van der Waals surface area contributed by atoms with E-state index in [1.54, 1.807) is 6.56 Å². The second-order valence-corrected chi connectivity index (χ2v) is 9.12. The monoisotopic (exact) mass is 372 g/mol. The normalized spacial score (nSPS) is 16.3. The minimum absolute atomic E-state index is 0. The topological polar surface area (TPSA) is 0 Å². The fourth-order valence-corrected chi connectivity index (χ4v) is 4.89. The molecule has 0 atom stereocenters. The van der Waals surface area contributed by atoms with E-state index < -0.39 is 23.2 Å². The molecule has 102 valence electrons. The Kier molecular flexibility index (Phi) is 8.30. The van der Waals surface area contributed by atoms with E-state index in [9.17, 15) is 0 Å². The summed E-state index contributed by atoms with van der Waals surface area (Å²) in [6, 6.07) is 0. The summed E-state index contributed by atoms with van der Waals surface area (Å²) in [7, 11) is 0. The van der Waals surface area contributed by atoms with E-state index in [0.717, 1.165) is 6.42 Å². The Balaban J connectivity index is 0.00000162. The van der Waals surface area contributed by atoms with Crippen LogP contribution in [0.5, 0.6) is 0 Å². The first-order valence-corrected chi connectivity index (χ1v) is 8.56. The van der Waals surface area contributed by atoms with Gasteiger partial charge in [-0.05, 0) is 0 Å². The van der Waals surface area contributed by atoms with Crippen LogP contribution >= 0.6 is 24.8 Å². The van der Waals surface area contributed by atoms with E-state index in [1.807, 2.05) is 0 Å². The molecule has 0 amide bonds. The molecule has 0 aliphatic heterocycles. The molecule has 0 aromatic carbocycles. The van der Waals surface area contributed by atoms with Crippen LogP contribution < -0.4 is 0 Å². The van der Waals surface area contributed by atoms with E-state index in [0.29, 0.717) is 0 Å². The summed E-state index contributed by atoms with van der Waals surface area (Å²) in [6.07, 6.45) is 13.6. The second kappa shape index (κ2) is 8.31. The van der Waals surface area contributed by atoms with Crippen molar-refractivity contribution in [2.75, 3.05) is 0 Å². The zero-order valence-electron chi connectivity index (χ0n) is 11.6. The van der Waals surface area contributed by atoms with Gasteiger partial charge < -0.3 is 0 Å². The summed E-state index contributed by atoms with van der Waals surface area (Å²) in [5.74, 6) is 6.73. The van der Waals surface area contributed by atoms with E-state index >= 15 is 0 Å². The van der Waals surface area contributed by atoms with E-state index in [-0.39, 0.29) is 30.2 Å². The first-order valence-electron chi connectivity index (χ1n) is 6.10. The molecule has 0 aromatic rings. The van der Waals surface area contributed by atoms with Crippen LogP contribution in [0.3, 0.4) is 0 Å². The minimum Gasteiger partial charge on any atom is -0.147 e. The van der Waals surface area contributed by atoms with Crippen LogP contribution in [-0.4, -0.2) is 0 Å². The number of rotatable bonds is 2. The van der Waals surface area contributed by atoms with Gasteiger partial charge in [-0.1, -0.05) is 0 Å². The fraction of sp³-hybridized carbons (Fsp3) is 0.375. The number of halogens is 2. The molecular weight excluding hydrogens is 354 g/mol. The van der Waals surface area contributed by atoms with Gasteiger partial charge in [-0.2, -0.15) is 0 Å². The van der Waals surface area contributed by atoms with Crippen molar-refractivity contribution >= 4 is 24.8 Å². The Morgan fingerprint density at radius 1 is 1.11 bits per heavy atom. The molecule has 19 heavy (non-hydrogen) atoms. The summed E-state index contributed by atoms with van der Waals surface area (Å²) in [5.41, 5.74) is 1.42. The molecule has 2 rings (SSSR count). The van der Waals surface area contributed by atoms with Crippen molar-refractivity contribution in [1.29, 1.82) is 0 Å². The van der Waals surface area contributed by atoms with Crippen LogP contribution in [-0.2, 0) is 23.2 Å². The maximum Gasteiger partial charge on any atom is -0.147 e.